The SMILES string of the molecule is CCCNC(=O)[C@H](C)N(Cc1cccc(OC)c1)C(=O)COc1ccccc1C. The molecule has 0 saturated carbocycles. The van der Waals surface area contributed by atoms with E-state index >= 15 is 0 Å². The quantitative estimate of drug-likeness (QED) is 0.667. The van der Waals surface area contributed by atoms with Gasteiger partial charge in [0.15, 0.2) is 6.61 Å². The van der Waals surface area contributed by atoms with Crippen LogP contribution in [0.1, 0.15) is 31.4 Å². The van der Waals surface area contributed by atoms with Crippen molar-refractivity contribution in [3.05, 3.63) is 59.7 Å². The molecule has 2 amide bonds. The molecule has 0 aromatic heterocycles. The smallest absolute Gasteiger partial charge is 0.261 e. The van der Waals surface area contributed by atoms with Gasteiger partial charge in [-0.25, -0.2) is 0 Å². The fourth-order valence-electron chi connectivity index (χ4n) is 2.89. The van der Waals surface area contributed by atoms with Crippen molar-refractivity contribution >= 4 is 11.8 Å². The third-order valence-corrected chi connectivity index (χ3v) is 4.65. The van der Waals surface area contributed by atoms with Gasteiger partial charge in [-0.1, -0.05) is 37.3 Å². The van der Waals surface area contributed by atoms with E-state index in [0.717, 1.165) is 17.5 Å². The number of methoxy groups -OCH3 is 1. The number of para-hydroxylation sites is 1. The van der Waals surface area contributed by atoms with E-state index in [-0.39, 0.29) is 25.0 Å². The second-order valence-electron chi connectivity index (χ2n) is 6.89. The van der Waals surface area contributed by atoms with Gasteiger partial charge in [-0.2, -0.15) is 0 Å². The predicted molar refractivity (Wildman–Crippen MR) is 113 cm³/mol. The van der Waals surface area contributed by atoms with Crippen LogP contribution >= 0.6 is 0 Å². The molecule has 2 aromatic rings. The number of amides is 2. The van der Waals surface area contributed by atoms with E-state index in [1.807, 2.05) is 62.4 Å². The Morgan fingerprint density at radius 3 is 2.59 bits per heavy atom. The lowest BCUT2D eigenvalue weighted by Crippen LogP contribution is -2.49. The Hall–Kier alpha value is -3.02. The maximum absolute atomic E-state index is 13.0. The highest BCUT2D eigenvalue weighted by Crippen LogP contribution is 2.18. The summed E-state index contributed by atoms with van der Waals surface area (Å²) in [4.78, 5) is 27.1. The molecule has 0 spiro atoms. The van der Waals surface area contributed by atoms with Crippen LogP contribution in [0, 0.1) is 6.92 Å². The summed E-state index contributed by atoms with van der Waals surface area (Å²) in [6, 6.07) is 14.4. The minimum Gasteiger partial charge on any atom is -0.497 e. The number of carbonyl (C=O) groups excluding carboxylic acids is 2. The Morgan fingerprint density at radius 1 is 1.14 bits per heavy atom. The van der Waals surface area contributed by atoms with Crippen molar-refractivity contribution < 1.29 is 19.1 Å². The van der Waals surface area contributed by atoms with Gasteiger partial charge in [-0.3, -0.25) is 9.59 Å². The summed E-state index contributed by atoms with van der Waals surface area (Å²) >= 11 is 0. The predicted octanol–water partition coefficient (Wildman–Crippen LogP) is 3.33. The summed E-state index contributed by atoms with van der Waals surface area (Å²) in [7, 11) is 1.60. The van der Waals surface area contributed by atoms with Crippen molar-refractivity contribution in [2.75, 3.05) is 20.3 Å². The average molecular weight is 399 g/mol. The van der Waals surface area contributed by atoms with Gasteiger partial charge in [0.2, 0.25) is 5.91 Å². The molecular weight excluding hydrogens is 368 g/mol. The van der Waals surface area contributed by atoms with E-state index in [1.54, 1.807) is 14.0 Å². The molecule has 6 nitrogen and oxygen atoms in total. The third-order valence-electron chi connectivity index (χ3n) is 4.65. The first-order chi connectivity index (χ1) is 14.0. The van der Waals surface area contributed by atoms with E-state index in [2.05, 4.69) is 5.32 Å². The van der Waals surface area contributed by atoms with E-state index in [0.29, 0.717) is 18.0 Å². The number of carbonyl (C=O) groups is 2. The van der Waals surface area contributed by atoms with E-state index in [1.165, 1.54) is 4.90 Å². The molecule has 0 aliphatic heterocycles. The number of hydrogen-bond acceptors (Lipinski definition) is 4. The summed E-state index contributed by atoms with van der Waals surface area (Å²) in [5.41, 5.74) is 1.83. The van der Waals surface area contributed by atoms with Gasteiger partial charge >= 0.3 is 0 Å². The molecule has 0 aliphatic rings. The minimum atomic E-state index is -0.624. The molecule has 1 N–H and O–H groups in total. The molecule has 29 heavy (non-hydrogen) atoms. The third kappa shape index (κ3) is 6.52. The molecule has 0 radical (unpaired) electrons. The van der Waals surface area contributed by atoms with E-state index in [4.69, 9.17) is 9.47 Å². The summed E-state index contributed by atoms with van der Waals surface area (Å²) < 4.78 is 11.0. The molecule has 6 heteroatoms. The van der Waals surface area contributed by atoms with Crippen LogP contribution < -0.4 is 14.8 Å². The van der Waals surface area contributed by atoms with Crippen molar-refractivity contribution in [3.8, 4) is 11.5 Å². The fourth-order valence-corrected chi connectivity index (χ4v) is 2.89. The van der Waals surface area contributed by atoms with Gasteiger partial charge in [0.1, 0.15) is 17.5 Å². The largest absolute Gasteiger partial charge is 0.497 e. The molecule has 0 heterocycles. The van der Waals surface area contributed by atoms with Crippen molar-refractivity contribution in [2.24, 2.45) is 0 Å². The van der Waals surface area contributed by atoms with E-state index in [9.17, 15) is 9.59 Å². The molecule has 0 bridgehead atoms. The lowest BCUT2D eigenvalue weighted by atomic mass is 10.1. The Morgan fingerprint density at radius 2 is 1.90 bits per heavy atom. The van der Waals surface area contributed by atoms with Crippen LogP contribution in [0.3, 0.4) is 0 Å². The molecule has 1 atom stereocenters. The van der Waals surface area contributed by atoms with Crippen molar-refractivity contribution in [1.82, 2.24) is 10.2 Å². The standard InChI is InChI=1S/C23H30N2O4/c1-5-13-24-23(27)18(3)25(15-19-10-8-11-20(14-19)28-4)22(26)16-29-21-12-7-6-9-17(21)2/h6-12,14,18H,5,13,15-16H2,1-4H3,(H,24,27)/t18-/m0/s1. The summed E-state index contributed by atoms with van der Waals surface area (Å²) in [6.07, 6.45) is 0.832. The highest BCUT2D eigenvalue weighted by atomic mass is 16.5. The first-order valence-corrected chi connectivity index (χ1v) is 9.84. The van der Waals surface area contributed by atoms with Crippen LogP contribution in [0.5, 0.6) is 11.5 Å². The molecule has 2 aromatic carbocycles. The van der Waals surface area contributed by atoms with Gasteiger partial charge in [-0.05, 0) is 49.6 Å². The van der Waals surface area contributed by atoms with Gasteiger partial charge in [0.05, 0.1) is 7.11 Å². The fraction of sp³-hybridized carbons (Fsp3) is 0.391. The molecule has 0 fully saturated rings. The first-order valence-electron chi connectivity index (χ1n) is 9.84. The second-order valence-corrected chi connectivity index (χ2v) is 6.89. The molecular formula is C23H30N2O4. The average Bonchev–Trinajstić information content (AvgIpc) is 2.74. The second kappa shape index (κ2) is 11.1. The molecule has 156 valence electrons. The zero-order valence-corrected chi connectivity index (χ0v) is 17.6. The maximum Gasteiger partial charge on any atom is 0.261 e. The molecule has 2 rings (SSSR count). The minimum absolute atomic E-state index is 0.139. The number of hydrogen-bond donors (Lipinski definition) is 1. The zero-order valence-electron chi connectivity index (χ0n) is 17.6. The lowest BCUT2D eigenvalue weighted by molar-refractivity contribution is -0.142. The van der Waals surface area contributed by atoms with E-state index < -0.39 is 6.04 Å². The monoisotopic (exact) mass is 398 g/mol. The van der Waals surface area contributed by atoms with Crippen molar-refractivity contribution in [3.63, 3.8) is 0 Å². The van der Waals surface area contributed by atoms with Gasteiger partial charge < -0.3 is 19.7 Å². The summed E-state index contributed by atoms with van der Waals surface area (Å²) in [5.74, 6) is 0.925. The highest BCUT2D eigenvalue weighted by molar-refractivity contribution is 5.87. The Labute approximate surface area is 172 Å². The number of rotatable bonds is 10. The topological polar surface area (TPSA) is 67.9 Å². The van der Waals surface area contributed by atoms with Gasteiger partial charge in [0, 0.05) is 13.1 Å². The van der Waals surface area contributed by atoms with Crippen LogP contribution in [-0.2, 0) is 16.1 Å². The summed E-state index contributed by atoms with van der Waals surface area (Å²) in [6.45, 7) is 6.36. The molecule has 0 aliphatic carbocycles. The number of ether oxygens (including phenoxy) is 2. The highest BCUT2D eigenvalue weighted by Gasteiger charge is 2.26. The van der Waals surface area contributed by atoms with Crippen LogP contribution in [0.4, 0.5) is 0 Å². The van der Waals surface area contributed by atoms with Crippen molar-refractivity contribution in [2.45, 2.75) is 39.8 Å². The van der Waals surface area contributed by atoms with Crippen LogP contribution in [0.15, 0.2) is 48.5 Å². The van der Waals surface area contributed by atoms with Crippen LogP contribution in [0.2, 0.25) is 0 Å². The normalized spacial score (nSPS) is 11.4. The van der Waals surface area contributed by atoms with Crippen LogP contribution in [0.25, 0.3) is 0 Å². The maximum atomic E-state index is 13.0. The van der Waals surface area contributed by atoms with Crippen LogP contribution in [-0.4, -0.2) is 43.0 Å². The molecule has 0 saturated heterocycles. The number of nitrogens with zero attached hydrogens (tertiary/aromatic N) is 1. The summed E-state index contributed by atoms with van der Waals surface area (Å²) in [5, 5.41) is 2.86. The first kappa shape index (κ1) is 22.3. The Bertz CT molecular complexity index is 822. The van der Waals surface area contributed by atoms with Gasteiger partial charge in [-0.15, -0.1) is 0 Å². The number of aryl methyl sites for hydroxylation is 1. The molecule has 0 unspecified atom stereocenters. The van der Waals surface area contributed by atoms with Gasteiger partial charge in [0.25, 0.3) is 5.91 Å². The lowest BCUT2D eigenvalue weighted by Gasteiger charge is -2.29. The van der Waals surface area contributed by atoms with Crippen molar-refractivity contribution in [1.29, 1.82) is 0 Å². The zero-order chi connectivity index (χ0) is 21.2. The number of benzene rings is 2. The Kier molecular flexibility index (Phi) is 8.52. The Balaban J connectivity index is 2.16. The number of nitrogens with one attached hydrogen (secondary N) is 1.